The third-order valence-corrected chi connectivity index (χ3v) is 8.34. The van der Waals surface area contributed by atoms with E-state index in [-0.39, 0.29) is 32.1 Å². The molecule has 4 unspecified atom stereocenters. The van der Waals surface area contributed by atoms with Gasteiger partial charge in [0, 0.05) is 53.5 Å². The van der Waals surface area contributed by atoms with Crippen molar-refractivity contribution in [2.45, 2.75) is 56.3 Å². The van der Waals surface area contributed by atoms with Crippen LogP contribution in [0.4, 0.5) is 0 Å². The third-order valence-electron chi connectivity index (χ3n) is 7.70. The number of carboxylic acids is 2. The van der Waals surface area contributed by atoms with Crippen molar-refractivity contribution in [2.24, 2.45) is 5.73 Å². The number of carboxylic acid groups (broad SMARTS) is 2. The van der Waals surface area contributed by atoms with Crippen LogP contribution in [0.5, 0.6) is 0 Å². The predicted octanol–water partition coefficient (Wildman–Crippen LogP) is 1.92. The first-order valence-corrected chi connectivity index (χ1v) is 16.2. The van der Waals surface area contributed by atoms with E-state index in [0.717, 1.165) is 27.4 Å². The van der Waals surface area contributed by atoms with Crippen molar-refractivity contribution in [2.75, 3.05) is 12.0 Å². The molecule has 2 aromatic heterocycles. The Morgan fingerprint density at radius 1 is 0.739 bits per heavy atom. The van der Waals surface area contributed by atoms with Crippen LogP contribution < -0.4 is 21.7 Å². The average Bonchev–Trinajstić information content (AvgIpc) is 3.64. The Bertz CT molecular complexity index is 1700. The zero-order valence-corrected chi connectivity index (χ0v) is 26.1. The Balaban J connectivity index is 1.56. The second-order valence-corrected chi connectivity index (χ2v) is 12.0. The van der Waals surface area contributed by atoms with Crippen LogP contribution >= 0.6 is 11.8 Å². The van der Waals surface area contributed by atoms with Gasteiger partial charge >= 0.3 is 11.9 Å². The number of rotatable bonds is 17. The molecule has 2 aromatic carbocycles. The van der Waals surface area contributed by atoms with Crippen molar-refractivity contribution < 1.29 is 34.2 Å². The normalized spacial score (nSPS) is 13.9. The summed E-state index contributed by atoms with van der Waals surface area (Å²) in [6.45, 7) is 0. The fourth-order valence-corrected chi connectivity index (χ4v) is 5.66. The van der Waals surface area contributed by atoms with Crippen molar-refractivity contribution in [3.63, 3.8) is 0 Å². The third kappa shape index (κ3) is 8.88. The second-order valence-electron chi connectivity index (χ2n) is 11.0. The lowest BCUT2D eigenvalue weighted by atomic mass is 10.0. The maximum Gasteiger partial charge on any atom is 0.326 e. The number of carbonyl (C=O) groups excluding carboxylic acids is 3. The lowest BCUT2D eigenvalue weighted by molar-refractivity contribution is -0.142. The number of nitrogens with two attached hydrogens (primary N) is 1. The predicted molar refractivity (Wildman–Crippen MR) is 175 cm³/mol. The van der Waals surface area contributed by atoms with Gasteiger partial charge in [0.15, 0.2) is 0 Å². The molecule has 46 heavy (non-hydrogen) atoms. The summed E-state index contributed by atoms with van der Waals surface area (Å²) in [5.74, 6) is -3.90. The minimum absolute atomic E-state index is 0.000521. The molecule has 0 spiro atoms. The number of hydrogen-bond donors (Lipinski definition) is 8. The highest BCUT2D eigenvalue weighted by molar-refractivity contribution is 7.98. The van der Waals surface area contributed by atoms with Gasteiger partial charge in [-0.3, -0.25) is 19.2 Å². The Kier molecular flexibility index (Phi) is 11.8. The molecule has 3 amide bonds. The molecule has 0 aliphatic carbocycles. The largest absolute Gasteiger partial charge is 0.481 e. The van der Waals surface area contributed by atoms with Gasteiger partial charge in [-0.15, -0.1) is 0 Å². The molecule has 0 saturated carbocycles. The van der Waals surface area contributed by atoms with Crippen LogP contribution in [0.1, 0.15) is 30.4 Å². The monoisotopic (exact) mass is 650 g/mol. The molecule has 4 aromatic rings. The molecule has 4 rings (SSSR count). The Labute approximate surface area is 269 Å². The molecule has 244 valence electrons. The van der Waals surface area contributed by atoms with Gasteiger partial charge in [0.25, 0.3) is 0 Å². The molecule has 0 bridgehead atoms. The Hall–Kier alpha value is -4.82. The Morgan fingerprint density at radius 3 is 1.78 bits per heavy atom. The number of para-hydroxylation sites is 2. The summed E-state index contributed by atoms with van der Waals surface area (Å²) in [5.41, 5.74) is 8.96. The number of nitrogens with one attached hydrogen (secondary N) is 5. The topological polar surface area (TPSA) is 219 Å². The van der Waals surface area contributed by atoms with E-state index in [4.69, 9.17) is 10.8 Å². The molecular weight excluding hydrogens is 612 g/mol. The smallest absolute Gasteiger partial charge is 0.326 e. The van der Waals surface area contributed by atoms with Crippen LogP contribution in [0.15, 0.2) is 60.9 Å². The summed E-state index contributed by atoms with van der Waals surface area (Å²) < 4.78 is 0. The summed E-state index contributed by atoms with van der Waals surface area (Å²) in [6.07, 6.45) is 5.09. The van der Waals surface area contributed by atoms with Crippen LogP contribution in [-0.4, -0.2) is 86.0 Å². The van der Waals surface area contributed by atoms with Crippen LogP contribution in [0.3, 0.4) is 0 Å². The van der Waals surface area contributed by atoms with E-state index >= 15 is 0 Å². The summed E-state index contributed by atoms with van der Waals surface area (Å²) in [4.78, 5) is 69.7. The number of carbonyl (C=O) groups is 5. The van der Waals surface area contributed by atoms with E-state index in [2.05, 4.69) is 25.9 Å². The lowest BCUT2D eigenvalue weighted by Gasteiger charge is -2.25. The molecule has 2 heterocycles. The zero-order valence-electron chi connectivity index (χ0n) is 25.2. The van der Waals surface area contributed by atoms with Crippen molar-refractivity contribution in [3.8, 4) is 0 Å². The van der Waals surface area contributed by atoms with Crippen LogP contribution in [0.25, 0.3) is 21.8 Å². The van der Waals surface area contributed by atoms with Gasteiger partial charge in [-0.25, -0.2) is 4.79 Å². The van der Waals surface area contributed by atoms with E-state index < -0.39 is 53.8 Å². The standard InChI is InChI=1S/C32H38N6O7S/c1-46-13-12-25(36-29(41)22(33)10-11-28(39)40)30(42)37-26(14-18-16-34-23-8-4-2-6-20(18)23)31(43)38-27(32(44)45)15-19-17-35-24-9-5-3-7-21(19)24/h2-9,16-17,22,25-27,34-35H,10-15,33H2,1H3,(H,36,41)(H,37,42)(H,38,43)(H,39,40)(H,44,45). The van der Waals surface area contributed by atoms with Crippen LogP contribution in [0, 0.1) is 0 Å². The van der Waals surface area contributed by atoms with Gasteiger partial charge in [-0.05, 0) is 48.1 Å². The molecule has 14 heteroatoms. The molecule has 4 atom stereocenters. The van der Waals surface area contributed by atoms with Gasteiger partial charge < -0.3 is 41.9 Å². The van der Waals surface area contributed by atoms with Crippen molar-refractivity contribution in [1.29, 1.82) is 0 Å². The lowest BCUT2D eigenvalue weighted by Crippen LogP contribution is -2.58. The van der Waals surface area contributed by atoms with E-state index in [1.165, 1.54) is 11.8 Å². The highest BCUT2D eigenvalue weighted by Gasteiger charge is 2.31. The number of hydrogen-bond acceptors (Lipinski definition) is 7. The average molecular weight is 651 g/mol. The van der Waals surface area contributed by atoms with Crippen LogP contribution in [0.2, 0.25) is 0 Å². The molecule has 0 aliphatic heterocycles. The van der Waals surface area contributed by atoms with E-state index in [1.807, 2.05) is 54.8 Å². The maximum absolute atomic E-state index is 13.8. The number of aromatic nitrogens is 2. The van der Waals surface area contributed by atoms with Gasteiger partial charge in [-0.2, -0.15) is 11.8 Å². The van der Waals surface area contributed by atoms with Crippen LogP contribution in [-0.2, 0) is 36.8 Å². The quantitative estimate of drug-likeness (QED) is 0.0835. The highest BCUT2D eigenvalue weighted by atomic mass is 32.2. The minimum Gasteiger partial charge on any atom is -0.481 e. The molecule has 13 nitrogen and oxygen atoms in total. The van der Waals surface area contributed by atoms with E-state index in [0.29, 0.717) is 11.3 Å². The summed E-state index contributed by atoms with van der Waals surface area (Å²) in [7, 11) is 0. The maximum atomic E-state index is 13.8. The highest BCUT2D eigenvalue weighted by Crippen LogP contribution is 2.21. The van der Waals surface area contributed by atoms with E-state index in [9.17, 15) is 29.1 Å². The van der Waals surface area contributed by atoms with Gasteiger partial charge in [0.1, 0.15) is 18.1 Å². The van der Waals surface area contributed by atoms with Gasteiger partial charge in [-0.1, -0.05) is 36.4 Å². The molecule has 0 radical (unpaired) electrons. The molecule has 9 N–H and O–H groups in total. The Morgan fingerprint density at radius 2 is 1.24 bits per heavy atom. The number of fused-ring (bicyclic) bond motifs is 2. The minimum atomic E-state index is -1.30. The summed E-state index contributed by atoms with van der Waals surface area (Å²) in [5, 5.41) is 28.6. The molecule has 0 aliphatic rings. The number of benzene rings is 2. The zero-order chi connectivity index (χ0) is 33.2. The number of amides is 3. The van der Waals surface area contributed by atoms with E-state index in [1.54, 1.807) is 12.4 Å². The summed E-state index contributed by atoms with van der Waals surface area (Å²) >= 11 is 1.45. The number of aromatic amines is 2. The van der Waals surface area contributed by atoms with Gasteiger partial charge in [0.2, 0.25) is 17.7 Å². The van der Waals surface area contributed by atoms with Crippen molar-refractivity contribution in [1.82, 2.24) is 25.9 Å². The number of H-pyrrole nitrogens is 2. The molecule has 0 fully saturated rings. The number of aliphatic carboxylic acids is 2. The first-order valence-electron chi connectivity index (χ1n) is 14.8. The first kappa shape index (κ1) is 34.1. The SMILES string of the molecule is CSCCC(NC(=O)C(N)CCC(=O)O)C(=O)NC(Cc1c[nH]c2ccccc12)C(=O)NC(Cc1c[nH]c2ccccc12)C(=O)O. The van der Waals surface area contributed by atoms with Gasteiger partial charge in [0.05, 0.1) is 6.04 Å². The summed E-state index contributed by atoms with van der Waals surface area (Å²) in [6, 6.07) is 10.1. The second kappa shape index (κ2) is 16.0. The molecule has 0 saturated heterocycles. The molecular formula is C32H38N6O7S. The fourth-order valence-electron chi connectivity index (χ4n) is 5.19. The van der Waals surface area contributed by atoms with Crippen molar-refractivity contribution >= 4 is 63.2 Å². The fraction of sp³-hybridized carbons (Fsp3) is 0.344. The van der Waals surface area contributed by atoms with Crippen molar-refractivity contribution in [3.05, 3.63) is 72.1 Å². The number of thioether (sulfide) groups is 1. The first-order chi connectivity index (χ1) is 22.1.